The number of hydrogen-bond donors (Lipinski definition) is 3. The van der Waals surface area contributed by atoms with Crippen LogP contribution in [-0.2, 0) is 24.4 Å². The van der Waals surface area contributed by atoms with Gasteiger partial charge in [0.2, 0.25) is 27.7 Å². The Hall–Kier alpha value is -3.71. The number of nitrogens with one attached hydrogen (secondary N) is 2. The van der Waals surface area contributed by atoms with Crippen molar-refractivity contribution in [1.29, 1.82) is 0 Å². The summed E-state index contributed by atoms with van der Waals surface area (Å²) in [5.74, 6) is -1.27. The third kappa shape index (κ3) is 5.99. The first-order valence-corrected chi connectivity index (χ1v) is 16.4. The number of hydrogen-bond acceptors (Lipinski definition) is 9. The number of benzene rings is 1. The Balaban J connectivity index is 1.39. The first-order valence-electron chi connectivity index (χ1n) is 14.9. The molecule has 2 aromatic rings. The normalized spacial score (nSPS) is 25.9. The Morgan fingerprint density at radius 2 is 1.95 bits per heavy atom. The zero-order valence-electron chi connectivity index (χ0n) is 25.5. The molecule has 2 aliphatic carbocycles. The molecular weight excluding hydrogens is 586 g/mol. The lowest BCUT2D eigenvalue weighted by atomic mass is 9.86. The summed E-state index contributed by atoms with van der Waals surface area (Å²) < 4.78 is 39.3. The van der Waals surface area contributed by atoms with Gasteiger partial charge in [0, 0.05) is 23.9 Å². The first-order chi connectivity index (χ1) is 20.7. The molecular formula is C31H41N5O7S. The smallest absolute Gasteiger partial charge is 0.259 e. The van der Waals surface area contributed by atoms with Crippen molar-refractivity contribution < 1.29 is 32.3 Å². The average molecular weight is 628 g/mol. The Morgan fingerprint density at radius 1 is 1.23 bits per heavy atom. The summed E-state index contributed by atoms with van der Waals surface area (Å²) in [6.07, 6.45) is 4.58. The quantitative estimate of drug-likeness (QED) is 0.334. The molecule has 3 fully saturated rings. The molecule has 5 rings (SSSR count). The minimum absolute atomic E-state index is 0.0645. The van der Waals surface area contributed by atoms with E-state index >= 15 is 0 Å². The summed E-state index contributed by atoms with van der Waals surface area (Å²) >= 11 is 0. The summed E-state index contributed by atoms with van der Waals surface area (Å²) in [6.45, 7) is 9.33. The van der Waals surface area contributed by atoms with Crippen LogP contribution in [0.5, 0.6) is 11.6 Å². The molecule has 2 saturated carbocycles. The van der Waals surface area contributed by atoms with Gasteiger partial charge in [-0.25, -0.2) is 13.4 Å². The van der Waals surface area contributed by atoms with Crippen molar-refractivity contribution >= 4 is 38.5 Å². The fourth-order valence-electron chi connectivity index (χ4n) is 5.75. The van der Waals surface area contributed by atoms with Gasteiger partial charge in [0.1, 0.15) is 23.4 Å². The van der Waals surface area contributed by atoms with Gasteiger partial charge >= 0.3 is 0 Å². The number of carbonyl (C=O) groups is 3. The minimum Gasteiger partial charge on any atom is -0.497 e. The second-order valence-electron chi connectivity index (χ2n) is 13.1. The standard InChI is InChI=1S/C31H41N5O7S/c1-6-19-16-31(19,29(39)35-44(40,41)22-8-7-9-22)34-26(37)24-15-21(17-36(24)28(38)25(32)30(2,3)4)43-27-23-11-10-20(42-5)14-18(23)12-13-33-27/h6,10-14,19,21-22,24-25H,1,7-9,15-17,32H2,2-5H3,(H,34,37)(H,35,39)/t19-,21-,24?,25-,31-/m1/s1. The fourth-order valence-corrected chi connectivity index (χ4v) is 7.31. The van der Waals surface area contributed by atoms with Gasteiger partial charge in [-0.2, -0.15) is 0 Å². The van der Waals surface area contributed by atoms with Gasteiger partial charge in [-0.15, -0.1) is 6.58 Å². The van der Waals surface area contributed by atoms with Crippen molar-refractivity contribution in [2.45, 2.75) is 81.9 Å². The van der Waals surface area contributed by atoms with Gasteiger partial charge in [-0.3, -0.25) is 19.1 Å². The highest BCUT2D eigenvalue weighted by atomic mass is 32.2. The largest absolute Gasteiger partial charge is 0.497 e. The van der Waals surface area contributed by atoms with Crippen molar-refractivity contribution in [3.8, 4) is 11.6 Å². The van der Waals surface area contributed by atoms with Crippen LogP contribution >= 0.6 is 0 Å². The Kier molecular flexibility index (Phi) is 8.40. The molecule has 2 heterocycles. The second-order valence-corrected chi connectivity index (χ2v) is 15.0. The van der Waals surface area contributed by atoms with E-state index in [2.05, 4.69) is 21.6 Å². The second kappa shape index (κ2) is 11.7. The Labute approximate surface area is 257 Å². The predicted molar refractivity (Wildman–Crippen MR) is 164 cm³/mol. The highest BCUT2D eigenvalue weighted by Gasteiger charge is 2.61. The zero-order chi connectivity index (χ0) is 32.0. The van der Waals surface area contributed by atoms with Crippen LogP contribution in [0.2, 0.25) is 0 Å². The van der Waals surface area contributed by atoms with Crippen LogP contribution in [0.25, 0.3) is 10.8 Å². The van der Waals surface area contributed by atoms with Gasteiger partial charge in [0.15, 0.2) is 0 Å². The molecule has 12 nitrogen and oxygen atoms in total. The molecule has 0 radical (unpaired) electrons. The van der Waals surface area contributed by atoms with Crippen LogP contribution in [0, 0.1) is 11.3 Å². The molecule has 4 N–H and O–H groups in total. The number of carbonyl (C=O) groups excluding carboxylic acids is 3. The number of likely N-dealkylation sites (tertiary alicyclic amines) is 1. The van der Waals surface area contributed by atoms with E-state index in [0.717, 1.165) is 17.2 Å². The zero-order valence-corrected chi connectivity index (χ0v) is 26.4. The van der Waals surface area contributed by atoms with Crippen LogP contribution in [0.15, 0.2) is 43.1 Å². The van der Waals surface area contributed by atoms with Gasteiger partial charge in [0.25, 0.3) is 5.91 Å². The van der Waals surface area contributed by atoms with Crippen LogP contribution < -0.4 is 25.2 Å². The average Bonchev–Trinajstić information content (AvgIpc) is 3.49. The lowest BCUT2D eigenvalue weighted by molar-refractivity contribution is -0.142. The summed E-state index contributed by atoms with van der Waals surface area (Å²) in [6, 6.07) is 5.38. The number of rotatable bonds is 10. The maximum Gasteiger partial charge on any atom is 0.259 e. The van der Waals surface area contributed by atoms with Gasteiger partial charge in [0.05, 0.1) is 24.9 Å². The van der Waals surface area contributed by atoms with Crippen LogP contribution in [0.1, 0.15) is 52.9 Å². The molecule has 3 aliphatic rings. The number of sulfonamides is 1. The van der Waals surface area contributed by atoms with Gasteiger partial charge in [-0.1, -0.05) is 33.3 Å². The minimum atomic E-state index is -3.87. The molecule has 1 saturated heterocycles. The van der Waals surface area contributed by atoms with Crippen LogP contribution in [-0.4, -0.2) is 78.7 Å². The Morgan fingerprint density at radius 3 is 2.55 bits per heavy atom. The van der Waals surface area contributed by atoms with Crippen molar-refractivity contribution in [1.82, 2.24) is 19.9 Å². The summed E-state index contributed by atoms with van der Waals surface area (Å²) in [4.78, 5) is 46.7. The highest BCUT2D eigenvalue weighted by molar-refractivity contribution is 7.90. The number of nitrogens with zero attached hydrogens (tertiary/aromatic N) is 2. The van der Waals surface area contributed by atoms with E-state index in [-0.39, 0.29) is 19.4 Å². The van der Waals surface area contributed by atoms with E-state index in [0.29, 0.717) is 24.5 Å². The number of ether oxygens (including phenoxy) is 2. The van der Waals surface area contributed by atoms with Gasteiger partial charge < -0.3 is 25.4 Å². The van der Waals surface area contributed by atoms with E-state index in [1.165, 1.54) is 11.0 Å². The number of amides is 3. The lowest BCUT2D eigenvalue weighted by Crippen LogP contribution is -2.59. The molecule has 1 aromatic heterocycles. The molecule has 5 atom stereocenters. The molecule has 238 valence electrons. The molecule has 0 bridgehead atoms. The molecule has 1 unspecified atom stereocenters. The number of fused-ring (bicyclic) bond motifs is 1. The monoisotopic (exact) mass is 627 g/mol. The van der Waals surface area contributed by atoms with E-state index in [9.17, 15) is 22.8 Å². The van der Waals surface area contributed by atoms with E-state index in [1.807, 2.05) is 39.0 Å². The maximum atomic E-state index is 13.9. The SMILES string of the molecule is C=C[C@@H]1C[C@]1(NC(=O)C1C[C@@H](Oc2nccc3cc(OC)ccc23)CN1C(=O)[C@@H](N)C(C)(C)C)C(=O)NS(=O)(=O)C1CCC1. The highest BCUT2D eigenvalue weighted by Crippen LogP contribution is 2.45. The third-order valence-corrected chi connectivity index (χ3v) is 10.9. The number of pyridine rings is 1. The van der Waals surface area contributed by atoms with Gasteiger partial charge in [-0.05, 0) is 54.3 Å². The number of nitrogens with two attached hydrogens (primary N) is 1. The molecule has 1 aliphatic heterocycles. The van der Waals surface area contributed by atoms with E-state index < -0.39 is 68.1 Å². The summed E-state index contributed by atoms with van der Waals surface area (Å²) in [5, 5.41) is 3.75. The molecule has 0 spiro atoms. The van der Waals surface area contributed by atoms with Crippen LogP contribution in [0.4, 0.5) is 0 Å². The fraction of sp³-hybridized carbons (Fsp3) is 0.548. The number of methoxy groups -OCH3 is 1. The molecule has 1 aromatic carbocycles. The Bertz CT molecular complexity index is 1590. The van der Waals surface area contributed by atoms with Crippen LogP contribution in [0.3, 0.4) is 0 Å². The van der Waals surface area contributed by atoms with Crippen molar-refractivity contribution in [2.75, 3.05) is 13.7 Å². The van der Waals surface area contributed by atoms with Crippen molar-refractivity contribution in [3.05, 3.63) is 43.1 Å². The maximum absolute atomic E-state index is 13.9. The summed E-state index contributed by atoms with van der Waals surface area (Å²) in [5.41, 5.74) is 4.28. The molecule has 13 heteroatoms. The van der Waals surface area contributed by atoms with Crippen molar-refractivity contribution in [2.24, 2.45) is 17.1 Å². The molecule has 3 amide bonds. The van der Waals surface area contributed by atoms with E-state index in [1.54, 1.807) is 19.4 Å². The molecule has 44 heavy (non-hydrogen) atoms. The third-order valence-electron chi connectivity index (χ3n) is 9.04. The van der Waals surface area contributed by atoms with E-state index in [4.69, 9.17) is 15.2 Å². The summed E-state index contributed by atoms with van der Waals surface area (Å²) in [7, 11) is -2.29. The van der Waals surface area contributed by atoms with Crippen molar-refractivity contribution in [3.63, 3.8) is 0 Å². The predicted octanol–water partition coefficient (Wildman–Crippen LogP) is 2.02. The lowest BCUT2D eigenvalue weighted by Gasteiger charge is -2.33. The first kappa shape index (κ1) is 31.7. The number of aromatic nitrogens is 1. The topological polar surface area (TPSA) is 170 Å².